The number of aryl methyl sites for hydroxylation is 2. The highest BCUT2D eigenvalue weighted by molar-refractivity contribution is 5.75. The van der Waals surface area contributed by atoms with E-state index in [2.05, 4.69) is 11.4 Å². The predicted octanol–water partition coefficient (Wildman–Crippen LogP) is 6.03. The molecule has 0 aromatic heterocycles. The summed E-state index contributed by atoms with van der Waals surface area (Å²) in [6, 6.07) is 8.56. The molecule has 0 saturated heterocycles. The number of carbonyl (C=O) groups excluding carboxylic acids is 1. The Bertz CT molecular complexity index is 1010. The first-order valence-corrected chi connectivity index (χ1v) is 10.6. The summed E-state index contributed by atoms with van der Waals surface area (Å²) in [6.07, 6.45) is 1.02. The number of carbonyl (C=O) groups is 2. The minimum atomic E-state index is -1.14. The number of carboxylic acids is 1. The fourth-order valence-corrected chi connectivity index (χ4v) is 3.88. The second-order valence-corrected chi connectivity index (χ2v) is 9.31. The Kier molecular flexibility index (Phi) is 6.39. The minimum absolute atomic E-state index is 0.147. The molecule has 1 atom stereocenters. The molecule has 2 aromatic carbocycles. The van der Waals surface area contributed by atoms with Crippen LogP contribution in [0.5, 0.6) is 0 Å². The van der Waals surface area contributed by atoms with Crippen LogP contribution in [-0.4, -0.2) is 22.8 Å². The van der Waals surface area contributed by atoms with Gasteiger partial charge in [-0.15, -0.1) is 0 Å². The first-order valence-electron chi connectivity index (χ1n) is 10.6. The van der Waals surface area contributed by atoms with Crippen molar-refractivity contribution in [3.8, 4) is 11.1 Å². The van der Waals surface area contributed by atoms with Gasteiger partial charge in [0.2, 0.25) is 0 Å². The van der Waals surface area contributed by atoms with Gasteiger partial charge >= 0.3 is 12.1 Å². The average Bonchev–Trinajstić information content (AvgIpc) is 3.46. The van der Waals surface area contributed by atoms with E-state index >= 15 is 4.39 Å². The number of aliphatic carboxylic acids is 1. The van der Waals surface area contributed by atoms with Crippen molar-refractivity contribution in [1.82, 2.24) is 5.32 Å². The fourth-order valence-electron chi connectivity index (χ4n) is 3.88. The molecule has 1 aliphatic carbocycles. The quantitative estimate of drug-likeness (QED) is 0.590. The SMILES string of the molecule is Cc1cc(-c2c(C)cccc2C2CC2)cc([C@H](CC(=O)O)NC(=O)OC(C)(C)C)c1F. The van der Waals surface area contributed by atoms with Crippen molar-refractivity contribution in [2.24, 2.45) is 0 Å². The highest BCUT2D eigenvalue weighted by Gasteiger charge is 2.29. The minimum Gasteiger partial charge on any atom is -0.481 e. The molecule has 2 N–H and O–H groups in total. The highest BCUT2D eigenvalue weighted by atomic mass is 19.1. The van der Waals surface area contributed by atoms with E-state index in [4.69, 9.17) is 4.74 Å². The molecule has 0 aliphatic heterocycles. The van der Waals surface area contributed by atoms with E-state index in [9.17, 15) is 14.7 Å². The number of amides is 1. The van der Waals surface area contributed by atoms with Gasteiger partial charge in [-0.2, -0.15) is 0 Å². The van der Waals surface area contributed by atoms with Gasteiger partial charge < -0.3 is 15.2 Å². The van der Waals surface area contributed by atoms with Gasteiger partial charge in [0, 0.05) is 5.56 Å². The largest absolute Gasteiger partial charge is 0.481 e. The zero-order valence-corrected chi connectivity index (χ0v) is 18.7. The third kappa shape index (κ3) is 5.63. The van der Waals surface area contributed by atoms with Crippen molar-refractivity contribution in [2.45, 2.75) is 71.4 Å². The van der Waals surface area contributed by atoms with Crippen molar-refractivity contribution in [1.29, 1.82) is 0 Å². The van der Waals surface area contributed by atoms with Gasteiger partial charge in [-0.05, 0) is 93.3 Å². The van der Waals surface area contributed by atoms with Crippen LogP contribution in [0.15, 0.2) is 30.3 Å². The van der Waals surface area contributed by atoms with Gasteiger partial charge in [-0.25, -0.2) is 9.18 Å². The van der Waals surface area contributed by atoms with Crippen LogP contribution in [0.2, 0.25) is 0 Å². The molecule has 0 heterocycles. The number of hydrogen-bond acceptors (Lipinski definition) is 3. The van der Waals surface area contributed by atoms with E-state index in [1.165, 1.54) is 5.56 Å². The predicted molar refractivity (Wildman–Crippen MR) is 118 cm³/mol. The van der Waals surface area contributed by atoms with Crippen LogP contribution in [0, 0.1) is 19.7 Å². The normalized spacial score (nSPS) is 14.8. The standard InChI is InChI=1S/C25H30FNO4/c1-14-7-6-8-18(16-9-10-16)22(14)17-11-15(2)23(26)19(12-17)20(13-21(28)29)27-24(30)31-25(3,4)5/h6-8,11-12,16,20H,9-10,13H2,1-5H3,(H,27,30)(H,28,29)/t20-/m0/s1. The van der Waals surface area contributed by atoms with Crippen molar-refractivity contribution in [2.75, 3.05) is 0 Å². The summed E-state index contributed by atoms with van der Waals surface area (Å²) in [5.74, 6) is -1.16. The zero-order chi connectivity index (χ0) is 22.9. The van der Waals surface area contributed by atoms with Gasteiger partial charge in [0.15, 0.2) is 0 Å². The Hall–Kier alpha value is -2.89. The Morgan fingerprint density at radius 3 is 2.45 bits per heavy atom. The maximum Gasteiger partial charge on any atom is 0.408 e. The topological polar surface area (TPSA) is 75.6 Å². The molecule has 1 aliphatic rings. The molecule has 0 unspecified atom stereocenters. The number of ether oxygens (including phenoxy) is 1. The summed E-state index contributed by atoms with van der Waals surface area (Å²) in [5, 5.41) is 11.9. The number of benzene rings is 2. The molecule has 0 radical (unpaired) electrons. The van der Waals surface area contributed by atoms with E-state index in [1.54, 1.807) is 39.8 Å². The maximum atomic E-state index is 15.2. The Balaban J connectivity index is 2.06. The van der Waals surface area contributed by atoms with Crippen molar-refractivity contribution < 1.29 is 23.8 Å². The van der Waals surface area contributed by atoms with Gasteiger partial charge in [0.05, 0.1) is 12.5 Å². The first kappa shape index (κ1) is 22.8. The van der Waals surface area contributed by atoms with Crippen molar-refractivity contribution >= 4 is 12.1 Å². The average molecular weight is 428 g/mol. The van der Waals surface area contributed by atoms with Crippen molar-refractivity contribution in [3.63, 3.8) is 0 Å². The van der Waals surface area contributed by atoms with E-state index in [0.717, 1.165) is 29.5 Å². The lowest BCUT2D eigenvalue weighted by molar-refractivity contribution is -0.137. The molecule has 0 bridgehead atoms. The summed E-state index contributed by atoms with van der Waals surface area (Å²) in [4.78, 5) is 23.8. The number of halogens is 1. The Labute approximate surface area is 182 Å². The molecule has 5 nitrogen and oxygen atoms in total. The molecule has 1 saturated carbocycles. The van der Waals surface area contributed by atoms with Crippen LogP contribution >= 0.6 is 0 Å². The molecule has 3 rings (SSSR count). The van der Waals surface area contributed by atoms with Gasteiger partial charge in [-0.1, -0.05) is 18.2 Å². The van der Waals surface area contributed by atoms with E-state index in [0.29, 0.717) is 11.5 Å². The second-order valence-electron chi connectivity index (χ2n) is 9.31. The molecule has 1 fully saturated rings. The van der Waals surface area contributed by atoms with Gasteiger partial charge in [0.1, 0.15) is 11.4 Å². The smallest absolute Gasteiger partial charge is 0.408 e. The van der Waals surface area contributed by atoms with E-state index < -0.39 is 35.9 Å². The number of alkyl carbamates (subject to hydrolysis) is 1. The molecule has 0 spiro atoms. The summed E-state index contributed by atoms with van der Waals surface area (Å²) in [5.41, 5.74) is 3.99. The van der Waals surface area contributed by atoms with E-state index in [1.807, 2.05) is 19.1 Å². The van der Waals surface area contributed by atoms with Gasteiger partial charge in [-0.3, -0.25) is 4.79 Å². The van der Waals surface area contributed by atoms with E-state index in [-0.39, 0.29) is 5.56 Å². The fraction of sp³-hybridized carbons (Fsp3) is 0.440. The second kappa shape index (κ2) is 8.69. The number of hydrogen-bond donors (Lipinski definition) is 2. The van der Waals surface area contributed by atoms with Crippen molar-refractivity contribution in [3.05, 3.63) is 58.4 Å². The zero-order valence-electron chi connectivity index (χ0n) is 18.7. The number of nitrogens with one attached hydrogen (secondary N) is 1. The Morgan fingerprint density at radius 1 is 1.19 bits per heavy atom. The third-order valence-electron chi connectivity index (χ3n) is 5.34. The van der Waals surface area contributed by atoms with Crippen LogP contribution in [-0.2, 0) is 9.53 Å². The van der Waals surface area contributed by atoms with Crippen LogP contribution in [0.1, 0.15) is 74.2 Å². The summed E-state index contributed by atoms with van der Waals surface area (Å²) in [6.45, 7) is 8.81. The van der Waals surface area contributed by atoms with Crippen LogP contribution < -0.4 is 5.32 Å². The lowest BCUT2D eigenvalue weighted by Gasteiger charge is -2.24. The molecular formula is C25H30FNO4. The summed E-state index contributed by atoms with van der Waals surface area (Å²) in [7, 11) is 0. The molecule has 6 heteroatoms. The molecule has 166 valence electrons. The van der Waals surface area contributed by atoms with Crippen LogP contribution in [0.4, 0.5) is 9.18 Å². The Morgan fingerprint density at radius 2 is 1.87 bits per heavy atom. The van der Waals surface area contributed by atoms with Crippen LogP contribution in [0.3, 0.4) is 0 Å². The molecule has 31 heavy (non-hydrogen) atoms. The lowest BCUT2D eigenvalue weighted by Crippen LogP contribution is -2.36. The number of rotatable bonds is 6. The molecule has 1 amide bonds. The first-order chi connectivity index (χ1) is 14.5. The summed E-state index contributed by atoms with van der Waals surface area (Å²) < 4.78 is 20.4. The summed E-state index contributed by atoms with van der Waals surface area (Å²) >= 11 is 0. The molecule has 2 aromatic rings. The molecular weight excluding hydrogens is 397 g/mol. The lowest BCUT2D eigenvalue weighted by atomic mass is 9.89. The monoisotopic (exact) mass is 427 g/mol. The maximum absolute atomic E-state index is 15.2. The van der Waals surface area contributed by atoms with Gasteiger partial charge in [0.25, 0.3) is 0 Å². The highest BCUT2D eigenvalue weighted by Crippen LogP contribution is 2.46. The van der Waals surface area contributed by atoms with Crippen LogP contribution in [0.25, 0.3) is 11.1 Å². The third-order valence-corrected chi connectivity index (χ3v) is 5.34. The number of carboxylic acid groups (broad SMARTS) is 1.